The summed E-state index contributed by atoms with van der Waals surface area (Å²) in [6, 6.07) is 16.3. The van der Waals surface area contributed by atoms with E-state index in [4.69, 9.17) is 16.3 Å². The maximum atomic E-state index is 6.15. The van der Waals surface area contributed by atoms with Gasteiger partial charge in [0.15, 0.2) is 0 Å². The third-order valence-corrected chi connectivity index (χ3v) is 3.55. The van der Waals surface area contributed by atoms with Crippen LogP contribution >= 0.6 is 11.6 Å². The molecule has 3 heteroatoms. The highest BCUT2D eigenvalue weighted by molar-refractivity contribution is 6.30. The van der Waals surface area contributed by atoms with Crippen LogP contribution in [0.25, 0.3) is 0 Å². The van der Waals surface area contributed by atoms with Crippen LogP contribution in [0.4, 0.5) is 0 Å². The fourth-order valence-corrected chi connectivity index (χ4v) is 2.59. The SMILES string of the molecule is CCCNC(c1cccc(Cl)c1)c1ccccc1OCC. The minimum Gasteiger partial charge on any atom is -0.494 e. The lowest BCUT2D eigenvalue weighted by molar-refractivity contribution is 0.333. The summed E-state index contributed by atoms with van der Waals surface area (Å²) in [5.74, 6) is 0.925. The molecule has 2 aromatic carbocycles. The average Bonchev–Trinajstić information content (AvgIpc) is 2.49. The highest BCUT2D eigenvalue weighted by Crippen LogP contribution is 2.31. The molecule has 0 bridgehead atoms. The smallest absolute Gasteiger partial charge is 0.124 e. The minimum atomic E-state index is 0.0893. The van der Waals surface area contributed by atoms with Crippen molar-refractivity contribution in [2.45, 2.75) is 26.3 Å². The van der Waals surface area contributed by atoms with E-state index in [9.17, 15) is 0 Å². The van der Waals surface area contributed by atoms with Gasteiger partial charge in [0.25, 0.3) is 0 Å². The monoisotopic (exact) mass is 303 g/mol. The van der Waals surface area contributed by atoms with E-state index in [0.717, 1.165) is 34.9 Å². The zero-order chi connectivity index (χ0) is 15.1. The van der Waals surface area contributed by atoms with E-state index in [1.165, 1.54) is 0 Å². The number of benzene rings is 2. The molecular weight excluding hydrogens is 282 g/mol. The number of rotatable bonds is 7. The Morgan fingerprint density at radius 2 is 1.90 bits per heavy atom. The van der Waals surface area contributed by atoms with Crippen LogP contribution in [0.15, 0.2) is 48.5 Å². The third-order valence-electron chi connectivity index (χ3n) is 3.31. The Balaban J connectivity index is 2.40. The first kappa shape index (κ1) is 15.9. The normalized spacial score (nSPS) is 12.1. The Kier molecular flexibility index (Phi) is 6.09. The molecule has 0 saturated heterocycles. The van der Waals surface area contributed by atoms with Crippen molar-refractivity contribution in [3.8, 4) is 5.75 Å². The molecule has 1 atom stereocenters. The molecule has 112 valence electrons. The lowest BCUT2D eigenvalue weighted by Gasteiger charge is -2.22. The summed E-state index contributed by atoms with van der Waals surface area (Å²) in [6.45, 7) is 5.77. The summed E-state index contributed by atoms with van der Waals surface area (Å²) in [4.78, 5) is 0. The Bertz CT molecular complexity index is 571. The number of ether oxygens (including phenoxy) is 1. The zero-order valence-corrected chi connectivity index (χ0v) is 13.4. The molecular formula is C18H22ClNO. The molecule has 1 N–H and O–H groups in total. The molecule has 0 aromatic heterocycles. The van der Waals surface area contributed by atoms with Crippen LogP contribution in [0.3, 0.4) is 0 Å². The Labute approximate surface area is 132 Å². The van der Waals surface area contributed by atoms with Gasteiger partial charge in [-0.15, -0.1) is 0 Å². The van der Waals surface area contributed by atoms with Gasteiger partial charge >= 0.3 is 0 Å². The number of hydrogen-bond acceptors (Lipinski definition) is 2. The number of halogens is 1. The highest BCUT2D eigenvalue weighted by atomic mass is 35.5. The second kappa shape index (κ2) is 8.06. The van der Waals surface area contributed by atoms with Crippen LogP contribution in [-0.4, -0.2) is 13.2 Å². The molecule has 0 heterocycles. The van der Waals surface area contributed by atoms with Gasteiger partial charge in [0.1, 0.15) is 5.75 Å². The number of para-hydroxylation sites is 1. The summed E-state index contributed by atoms with van der Waals surface area (Å²) in [5, 5.41) is 4.34. The lowest BCUT2D eigenvalue weighted by Crippen LogP contribution is -2.23. The van der Waals surface area contributed by atoms with Crippen molar-refractivity contribution in [3.05, 3.63) is 64.7 Å². The van der Waals surface area contributed by atoms with E-state index in [0.29, 0.717) is 6.61 Å². The topological polar surface area (TPSA) is 21.3 Å². The second-order valence-electron chi connectivity index (χ2n) is 4.91. The molecule has 21 heavy (non-hydrogen) atoms. The molecule has 0 spiro atoms. The summed E-state index contributed by atoms with van der Waals surface area (Å²) in [5.41, 5.74) is 2.30. The average molecular weight is 304 g/mol. The molecule has 0 amide bonds. The molecule has 0 aliphatic rings. The van der Waals surface area contributed by atoms with Crippen LogP contribution in [0.2, 0.25) is 5.02 Å². The fourth-order valence-electron chi connectivity index (χ4n) is 2.39. The van der Waals surface area contributed by atoms with Gasteiger partial charge in [0.05, 0.1) is 12.6 Å². The van der Waals surface area contributed by atoms with E-state index >= 15 is 0 Å². The molecule has 2 rings (SSSR count). The predicted octanol–water partition coefficient (Wildman–Crippen LogP) is 4.83. The first-order valence-electron chi connectivity index (χ1n) is 7.46. The first-order chi connectivity index (χ1) is 10.3. The van der Waals surface area contributed by atoms with Crippen molar-refractivity contribution in [2.75, 3.05) is 13.2 Å². The van der Waals surface area contributed by atoms with E-state index in [-0.39, 0.29) is 6.04 Å². The van der Waals surface area contributed by atoms with Gasteiger partial charge < -0.3 is 10.1 Å². The third kappa shape index (κ3) is 4.23. The minimum absolute atomic E-state index is 0.0893. The summed E-state index contributed by atoms with van der Waals surface area (Å²) in [6.07, 6.45) is 1.08. The molecule has 2 nitrogen and oxygen atoms in total. The van der Waals surface area contributed by atoms with Gasteiger partial charge in [-0.3, -0.25) is 0 Å². The van der Waals surface area contributed by atoms with Crippen LogP contribution < -0.4 is 10.1 Å². The molecule has 1 unspecified atom stereocenters. The van der Waals surface area contributed by atoms with Crippen LogP contribution in [0.1, 0.15) is 37.4 Å². The van der Waals surface area contributed by atoms with Gasteiger partial charge in [-0.2, -0.15) is 0 Å². The van der Waals surface area contributed by atoms with Crippen molar-refractivity contribution in [2.24, 2.45) is 0 Å². The number of hydrogen-bond donors (Lipinski definition) is 1. The van der Waals surface area contributed by atoms with Gasteiger partial charge in [-0.25, -0.2) is 0 Å². The Morgan fingerprint density at radius 3 is 2.62 bits per heavy atom. The quantitative estimate of drug-likeness (QED) is 0.791. The van der Waals surface area contributed by atoms with Crippen LogP contribution in [-0.2, 0) is 0 Å². The van der Waals surface area contributed by atoms with Gasteiger partial charge in [0.2, 0.25) is 0 Å². The van der Waals surface area contributed by atoms with E-state index in [2.05, 4.69) is 24.4 Å². The summed E-state index contributed by atoms with van der Waals surface area (Å²) < 4.78 is 5.78. The number of nitrogens with one attached hydrogen (secondary N) is 1. The second-order valence-corrected chi connectivity index (χ2v) is 5.35. The van der Waals surface area contributed by atoms with Crippen molar-refractivity contribution >= 4 is 11.6 Å². The Hall–Kier alpha value is -1.51. The van der Waals surface area contributed by atoms with Crippen molar-refractivity contribution in [1.29, 1.82) is 0 Å². The molecule has 0 aliphatic heterocycles. The fraction of sp³-hybridized carbons (Fsp3) is 0.333. The molecule has 0 aliphatic carbocycles. The molecule has 2 aromatic rings. The van der Waals surface area contributed by atoms with E-state index < -0.39 is 0 Å². The zero-order valence-electron chi connectivity index (χ0n) is 12.6. The largest absolute Gasteiger partial charge is 0.494 e. The summed E-state index contributed by atoms with van der Waals surface area (Å²) in [7, 11) is 0. The maximum absolute atomic E-state index is 6.15. The molecule has 0 saturated carbocycles. The lowest BCUT2D eigenvalue weighted by atomic mass is 9.97. The maximum Gasteiger partial charge on any atom is 0.124 e. The van der Waals surface area contributed by atoms with Gasteiger partial charge in [-0.1, -0.05) is 48.9 Å². The van der Waals surface area contributed by atoms with Crippen molar-refractivity contribution < 1.29 is 4.74 Å². The van der Waals surface area contributed by atoms with Crippen LogP contribution in [0, 0.1) is 0 Å². The van der Waals surface area contributed by atoms with Crippen molar-refractivity contribution in [3.63, 3.8) is 0 Å². The highest BCUT2D eigenvalue weighted by Gasteiger charge is 2.17. The van der Waals surface area contributed by atoms with Crippen LogP contribution in [0.5, 0.6) is 5.75 Å². The Morgan fingerprint density at radius 1 is 1.10 bits per heavy atom. The van der Waals surface area contributed by atoms with E-state index in [1.54, 1.807) is 0 Å². The van der Waals surface area contributed by atoms with Gasteiger partial charge in [0, 0.05) is 10.6 Å². The summed E-state index contributed by atoms with van der Waals surface area (Å²) >= 11 is 6.15. The van der Waals surface area contributed by atoms with Crippen molar-refractivity contribution in [1.82, 2.24) is 5.32 Å². The van der Waals surface area contributed by atoms with E-state index in [1.807, 2.05) is 43.3 Å². The molecule has 0 radical (unpaired) electrons. The predicted molar refractivity (Wildman–Crippen MR) is 89.2 cm³/mol. The van der Waals surface area contributed by atoms with Gasteiger partial charge in [-0.05, 0) is 43.7 Å². The molecule has 0 fully saturated rings. The standard InChI is InChI=1S/C18H22ClNO/c1-3-12-20-18(14-8-7-9-15(19)13-14)16-10-5-6-11-17(16)21-4-2/h5-11,13,18,20H,3-4,12H2,1-2H3. The first-order valence-corrected chi connectivity index (χ1v) is 7.84.